The molecule has 0 N–H and O–H groups in total. The van der Waals surface area contributed by atoms with Crippen LogP contribution in [0.4, 0.5) is 5.69 Å². The minimum atomic E-state index is 0.362. The van der Waals surface area contributed by atoms with Crippen molar-refractivity contribution in [3.05, 3.63) is 70.5 Å². The van der Waals surface area contributed by atoms with E-state index in [4.69, 9.17) is 4.74 Å². The van der Waals surface area contributed by atoms with E-state index in [0.717, 1.165) is 13.2 Å². The number of pyridine rings is 1. The number of benzene rings is 2. The fourth-order valence-electron chi connectivity index (χ4n) is 4.54. The van der Waals surface area contributed by atoms with Gasteiger partial charge in [-0.25, -0.2) is 0 Å². The molecule has 0 saturated carbocycles. The Kier molecular flexibility index (Phi) is 4.84. The lowest BCUT2D eigenvalue weighted by atomic mass is 10.1. The first kappa shape index (κ1) is 18.7. The Morgan fingerprint density at radius 1 is 1.14 bits per heavy atom. The third-order valence-corrected chi connectivity index (χ3v) is 7.20. The van der Waals surface area contributed by atoms with Crippen LogP contribution in [0.5, 0.6) is 0 Å². The van der Waals surface area contributed by atoms with Crippen molar-refractivity contribution in [2.24, 2.45) is 0 Å². The Hall–Kier alpha value is -2.30. The minimum Gasteiger partial charge on any atom is -0.372 e. The van der Waals surface area contributed by atoms with Crippen LogP contribution in [0.25, 0.3) is 16.8 Å². The second-order valence-corrected chi connectivity index (χ2v) is 9.16. The van der Waals surface area contributed by atoms with Crippen LogP contribution in [0.1, 0.15) is 29.8 Å². The van der Waals surface area contributed by atoms with Gasteiger partial charge in [0.1, 0.15) is 6.10 Å². The van der Waals surface area contributed by atoms with E-state index in [0.29, 0.717) is 6.10 Å². The third kappa shape index (κ3) is 3.45. The van der Waals surface area contributed by atoms with Crippen LogP contribution in [0, 0.1) is 13.8 Å². The highest BCUT2D eigenvalue weighted by Gasteiger charge is 2.26. The van der Waals surface area contributed by atoms with Crippen LogP contribution in [-0.4, -0.2) is 19.8 Å². The van der Waals surface area contributed by atoms with Gasteiger partial charge in [0.05, 0.1) is 10.7 Å². The van der Waals surface area contributed by atoms with E-state index < -0.39 is 0 Å². The second-order valence-electron chi connectivity index (χ2n) is 8.09. The van der Waals surface area contributed by atoms with Crippen LogP contribution in [0.3, 0.4) is 0 Å². The molecule has 2 aliphatic heterocycles. The largest absolute Gasteiger partial charge is 0.372 e. The monoisotopic (exact) mass is 403 g/mol. The fraction of sp³-hybridized carbons (Fsp3) is 0.320. The normalized spacial score (nSPS) is 20.0. The van der Waals surface area contributed by atoms with Gasteiger partial charge in [0.2, 0.25) is 0 Å². The molecule has 0 unspecified atom stereocenters. The van der Waals surface area contributed by atoms with Gasteiger partial charge in [-0.3, -0.25) is 0 Å². The number of aryl methyl sites for hydroxylation is 2. The Morgan fingerprint density at radius 2 is 1.93 bits per heavy atom. The van der Waals surface area contributed by atoms with E-state index >= 15 is 0 Å². The number of ether oxygens (including phenoxy) is 1. The molecule has 1 aromatic heterocycles. The molecule has 4 heteroatoms. The topological polar surface area (TPSA) is 16.4 Å². The number of aromatic nitrogens is 1. The number of anilines is 1. The maximum Gasteiger partial charge on any atom is 0.179 e. The average molecular weight is 404 g/mol. The zero-order valence-corrected chi connectivity index (χ0v) is 18.1. The quantitative estimate of drug-likeness (QED) is 0.540. The fourth-order valence-corrected chi connectivity index (χ4v) is 5.67. The molecule has 5 rings (SSSR count). The van der Waals surface area contributed by atoms with Gasteiger partial charge in [-0.05, 0) is 35.9 Å². The van der Waals surface area contributed by atoms with Crippen molar-refractivity contribution in [1.29, 1.82) is 0 Å². The Morgan fingerprint density at radius 3 is 2.69 bits per heavy atom. The number of rotatable bonds is 3. The van der Waals surface area contributed by atoms with Crippen molar-refractivity contribution in [2.45, 2.75) is 44.2 Å². The summed E-state index contributed by atoms with van der Waals surface area (Å²) >= 11 is 1.86. The predicted molar refractivity (Wildman–Crippen MR) is 121 cm³/mol. The van der Waals surface area contributed by atoms with E-state index in [1.807, 2.05) is 11.8 Å². The molecule has 29 heavy (non-hydrogen) atoms. The summed E-state index contributed by atoms with van der Waals surface area (Å²) < 4.78 is 8.24. The molecule has 3 aromatic rings. The lowest BCUT2D eigenvalue weighted by Gasteiger charge is -2.16. The summed E-state index contributed by atoms with van der Waals surface area (Å²) in [6.45, 7) is 6.28. The summed E-state index contributed by atoms with van der Waals surface area (Å²) in [4.78, 5) is 3.66. The van der Waals surface area contributed by atoms with Crippen LogP contribution < -0.4 is 9.47 Å². The molecule has 0 aliphatic carbocycles. The SMILES string of the molecule is Cc1cc(C=C2Sc3ccc4ccccc4c3N2C)cc(C)[n+]1C[C@H]1CCCO1. The molecule has 3 heterocycles. The molecule has 1 atom stereocenters. The Labute approximate surface area is 177 Å². The van der Waals surface area contributed by atoms with Crippen molar-refractivity contribution < 1.29 is 9.30 Å². The lowest BCUT2D eigenvalue weighted by Crippen LogP contribution is -2.45. The molecule has 1 fully saturated rings. The maximum absolute atomic E-state index is 5.85. The zero-order chi connectivity index (χ0) is 20.0. The van der Waals surface area contributed by atoms with Crippen molar-refractivity contribution in [3.8, 4) is 0 Å². The van der Waals surface area contributed by atoms with E-state index in [1.54, 1.807) is 0 Å². The Balaban J connectivity index is 1.46. The first-order valence-electron chi connectivity index (χ1n) is 10.4. The van der Waals surface area contributed by atoms with Crippen molar-refractivity contribution in [1.82, 2.24) is 0 Å². The summed E-state index contributed by atoms with van der Waals surface area (Å²) in [5.41, 5.74) is 5.16. The summed E-state index contributed by atoms with van der Waals surface area (Å²) in [6.07, 6.45) is 5.04. The molecule has 0 bridgehead atoms. The van der Waals surface area contributed by atoms with Crippen LogP contribution in [0.2, 0.25) is 0 Å². The first-order chi connectivity index (χ1) is 14.1. The van der Waals surface area contributed by atoms with Crippen LogP contribution >= 0.6 is 11.8 Å². The maximum atomic E-state index is 5.85. The van der Waals surface area contributed by atoms with Gasteiger partial charge in [0.15, 0.2) is 17.9 Å². The van der Waals surface area contributed by atoms with Crippen molar-refractivity contribution in [2.75, 3.05) is 18.6 Å². The zero-order valence-electron chi connectivity index (χ0n) is 17.3. The molecule has 1 saturated heterocycles. The van der Waals surface area contributed by atoms with Gasteiger partial charge in [-0.2, -0.15) is 4.57 Å². The average Bonchev–Trinajstić information content (AvgIpc) is 3.33. The number of hydrogen-bond acceptors (Lipinski definition) is 3. The lowest BCUT2D eigenvalue weighted by molar-refractivity contribution is -0.714. The summed E-state index contributed by atoms with van der Waals surface area (Å²) in [7, 11) is 2.18. The highest BCUT2D eigenvalue weighted by atomic mass is 32.2. The van der Waals surface area contributed by atoms with E-state index in [1.165, 1.54) is 56.2 Å². The molecule has 148 valence electrons. The Bertz CT molecular complexity index is 1090. The molecule has 3 nitrogen and oxygen atoms in total. The number of thioether (sulfide) groups is 1. The van der Waals surface area contributed by atoms with Gasteiger partial charge in [-0.15, -0.1) is 0 Å². The standard InChI is InChI=1S/C25H27N2OS/c1-17-13-19(14-18(2)27(17)16-21-8-6-12-28-21)15-24-26(3)25-22-9-5-4-7-20(22)10-11-23(25)29-24/h4-5,7,9-11,13-15,21H,6,8,12,16H2,1-3H3/q+1/t21-/m1/s1. The highest BCUT2D eigenvalue weighted by Crippen LogP contribution is 2.49. The number of fused-ring (bicyclic) bond motifs is 3. The third-order valence-electron chi connectivity index (χ3n) is 6.05. The highest BCUT2D eigenvalue weighted by molar-refractivity contribution is 8.04. The van der Waals surface area contributed by atoms with E-state index in [9.17, 15) is 0 Å². The van der Waals surface area contributed by atoms with Crippen molar-refractivity contribution >= 4 is 34.3 Å². The summed E-state index contributed by atoms with van der Waals surface area (Å²) in [6, 6.07) is 17.7. The molecule has 0 spiro atoms. The first-order valence-corrected chi connectivity index (χ1v) is 11.2. The van der Waals surface area contributed by atoms with Gasteiger partial charge < -0.3 is 9.64 Å². The molecule has 0 amide bonds. The molecular formula is C25H27N2OS+. The minimum absolute atomic E-state index is 0.362. The smallest absolute Gasteiger partial charge is 0.179 e. The number of hydrogen-bond donors (Lipinski definition) is 0. The van der Waals surface area contributed by atoms with Gasteiger partial charge in [0.25, 0.3) is 0 Å². The van der Waals surface area contributed by atoms with Crippen LogP contribution in [-0.2, 0) is 11.3 Å². The molecular weight excluding hydrogens is 376 g/mol. The van der Waals surface area contributed by atoms with Gasteiger partial charge >= 0.3 is 0 Å². The summed E-state index contributed by atoms with van der Waals surface area (Å²) in [5.74, 6) is 0. The van der Waals surface area contributed by atoms with E-state index in [2.05, 4.69) is 85.0 Å². The number of nitrogens with zero attached hydrogens (tertiary/aromatic N) is 2. The molecule has 0 radical (unpaired) electrons. The van der Waals surface area contributed by atoms with Gasteiger partial charge in [-0.1, -0.05) is 42.1 Å². The van der Waals surface area contributed by atoms with Crippen LogP contribution in [0.15, 0.2) is 58.5 Å². The van der Waals surface area contributed by atoms with Crippen molar-refractivity contribution in [3.63, 3.8) is 0 Å². The van der Waals surface area contributed by atoms with Gasteiger partial charge in [0, 0.05) is 49.9 Å². The predicted octanol–water partition coefficient (Wildman–Crippen LogP) is 5.46. The molecule has 2 aromatic carbocycles. The van der Waals surface area contributed by atoms with E-state index in [-0.39, 0.29) is 0 Å². The summed E-state index contributed by atoms with van der Waals surface area (Å²) in [5, 5.41) is 3.88. The molecule has 2 aliphatic rings. The second kappa shape index (κ2) is 7.51.